The summed E-state index contributed by atoms with van der Waals surface area (Å²) >= 11 is 0. The van der Waals surface area contributed by atoms with Gasteiger partial charge in [-0.2, -0.15) is 0 Å². The van der Waals surface area contributed by atoms with Crippen LogP contribution in [-0.2, 0) is 0 Å². The topological polar surface area (TPSA) is 61.0 Å². The van der Waals surface area contributed by atoms with Crippen LogP contribution in [0.2, 0.25) is 0 Å². The van der Waals surface area contributed by atoms with Crippen LogP contribution >= 0.6 is 0 Å². The largest absolute Gasteiger partial charge is 0.351 e. The standard InChI is InChI=1S/C11H18N4O/c1-11(7-12-2)3-6-15(8-11)9-10(16)14-5-4-13-9/h4-5,12H,3,6-8H2,1-2H3,(H,14,16). The highest BCUT2D eigenvalue weighted by atomic mass is 16.1. The molecule has 1 aromatic rings. The Morgan fingerprint density at radius 3 is 3.19 bits per heavy atom. The lowest BCUT2D eigenvalue weighted by molar-refractivity contribution is 0.355. The van der Waals surface area contributed by atoms with Gasteiger partial charge in [0.05, 0.1) is 0 Å². The van der Waals surface area contributed by atoms with E-state index < -0.39 is 0 Å². The van der Waals surface area contributed by atoms with Crippen molar-refractivity contribution in [1.29, 1.82) is 0 Å². The zero-order valence-corrected chi connectivity index (χ0v) is 9.79. The van der Waals surface area contributed by atoms with E-state index in [-0.39, 0.29) is 11.0 Å². The van der Waals surface area contributed by atoms with Crippen LogP contribution in [-0.4, -0.2) is 36.6 Å². The molecule has 5 heteroatoms. The van der Waals surface area contributed by atoms with Crippen molar-refractivity contribution < 1.29 is 0 Å². The molecule has 2 heterocycles. The van der Waals surface area contributed by atoms with Gasteiger partial charge < -0.3 is 15.2 Å². The van der Waals surface area contributed by atoms with Gasteiger partial charge in [-0.05, 0) is 18.9 Å². The van der Waals surface area contributed by atoms with Gasteiger partial charge in [0.25, 0.3) is 5.56 Å². The third-order valence-electron chi connectivity index (χ3n) is 3.15. The predicted octanol–water partition coefficient (Wildman–Crippen LogP) is 0.206. The van der Waals surface area contributed by atoms with Crippen molar-refractivity contribution in [3.05, 3.63) is 22.7 Å². The Morgan fingerprint density at radius 1 is 1.69 bits per heavy atom. The predicted molar refractivity (Wildman–Crippen MR) is 63.7 cm³/mol. The molecule has 88 valence electrons. The minimum Gasteiger partial charge on any atom is -0.351 e. The van der Waals surface area contributed by atoms with Crippen molar-refractivity contribution in [2.45, 2.75) is 13.3 Å². The zero-order valence-electron chi connectivity index (χ0n) is 9.79. The molecular weight excluding hydrogens is 204 g/mol. The first-order valence-electron chi connectivity index (χ1n) is 5.58. The van der Waals surface area contributed by atoms with Crippen molar-refractivity contribution in [3.8, 4) is 0 Å². The molecule has 1 saturated heterocycles. The Morgan fingerprint density at radius 2 is 2.50 bits per heavy atom. The van der Waals surface area contributed by atoms with Crippen LogP contribution in [0.15, 0.2) is 17.2 Å². The summed E-state index contributed by atoms with van der Waals surface area (Å²) in [5.74, 6) is 0.544. The van der Waals surface area contributed by atoms with E-state index in [2.05, 4.69) is 27.1 Å². The summed E-state index contributed by atoms with van der Waals surface area (Å²) < 4.78 is 0. The van der Waals surface area contributed by atoms with Crippen LogP contribution in [0.1, 0.15) is 13.3 Å². The highest BCUT2D eigenvalue weighted by Gasteiger charge is 2.34. The van der Waals surface area contributed by atoms with Gasteiger partial charge in [0.1, 0.15) is 0 Å². The number of nitrogens with zero attached hydrogens (tertiary/aromatic N) is 2. The molecule has 1 aliphatic heterocycles. The lowest BCUT2D eigenvalue weighted by Crippen LogP contribution is -2.35. The quantitative estimate of drug-likeness (QED) is 0.767. The summed E-state index contributed by atoms with van der Waals surface area (Å²) in [7, 11) is 1.96. The Bertz CT molecular complexity index is 416. The van der Waals surface area contributed by atoms with Crippen LogP contribution in [0.5, 0.6) is 0 Å². The maximum absolute atomic E-state index is 11.6. The summed E-state index contributed by atoms with van der Waals surface area (Å²) in [4.78, 5) is 20.5. The Balaban J connectivity index is 2.15. The second-order valence-electron chi connectivity index (χ2n) is 4.75. The summed E-state index contributed by atoms with van der Waals surface area (Å²) in [6, 6.07) is 0. The SMILES string of the molecule is CNCC1(C)CCN(c2ncc[nH]c2=O)C1. The van der Waals surface area contributed by atoms with E-state index in [0.717, 1.165) is 26.1 Å². The van der Waals surface area contributed by atoms with Gasteiger partial charge in [-0.3, -0.25) is 4.79 Å². The lowest BCUT2D eigenvalue weighted by atomic mass is 9.90. The molecule has 0 radical (unpaired) electrons. The molecule has 0 aromatic carbocycles. The molecule has 2 N–H and O–H groups in total. The summed E-state index contributed by atoms with van der Waals surface area (Å²) in [5, 5.41) is 3.20. The monoisotopic (exact) mass is 222 g/mol. The molecule has 1 aliphatic rings. The first-order valence-corrected chi connectivity index (χ1v) is 5.58. The lowest BCUT2D eigenvalue weighted by Gasteiger charge is -2.24. The fourth-order valence-corrected chi connectivity index (χ4v) is 2.34. The molecule has 1 fully saturated rings. The molecule has 0 bridgehead atoms. The van der Waals surface area contributed by atoms with Gasteiger partial charge in [-0.15, -0.1) is 0 Å². The van der Waals surface area contributed by atoms with Crippen LogP contribution in [0.3, 0.4) is 0 Å². The van der Waals surface area contributed by atoms with Crippen LogP contribution in [0.4, 0.5) is 5.82 Å². The first kappa shape index (κ1) is 11.1. The average molecular weight is 222 g/mol. The number of anilines is 1. The Hall–Kier alpha value is -1.36. The Labute approximate surface area is 94.9 Å². The van der Waals surface area contributed by atoms with E-state index in [1.54, 1.807) is 12.4 Å². The highest BCUT2D eigenvalue weighted by molar-refractivity contribution is 5.37. The van der Waals surface area contributed by atoms with Crippen molar-refractivity contribution in [1.82, 2.24) is 15.3 Å². The maximum Gasteiger partial charge on any atom is 0.290 e. The maximum atomic E-state index is 11.6. The zero-order chi connectivity index (χ0) is 11.6. The first-order chi connectivity index (χ1) is 7.64. The van der Waals surface area contributed by atoms with Crippen LogP contribution in [0.25, 0.3) is 0 Å². The molecule has 0 aliphatic carbocycles. The molecule has 2 rings (SSSR count). The molecule has 16 heavy (non-hydrogen) atoms. The summed E-state index contributed by atoms with van der Waals surface area (Å²) in [5.41, 5.74) is 0.134. The number of rotatable bonds is 3. The number of hydrogen-bond donors (Lipinski definition) is 2. The van der Waals surface area contributed by atoms with Crippen molar-refractivity contribution in [3.63, 3.8) is 0 Å². The highest BCUT2D eigenvalue weighted by Crippen LogP contribution is 2.30. The van der Waals surface area contributed by atoms with E-state index in [9.17, 15) is 4.79 Å². The number of aromatic amines is 1. The molecule has 0 spiro atoms. The fourth-order valence-electron chi connectivity index (χ4n) is 2.34. The van der Waals surface area contributed by atoms with E-state index in [4.69, 9.17) is 0 Å². The van der Waals surface area contributed by atoms with Gasteiger partial charge in [-0.1, -0.05) is 6.92 Å². The second-order valence-corrected chi connectivity index (χ2v) is 4.75. The molecular formula is C11H18N4O. The van der Waals surface area contributed by atoms with E-state index in [0.29, 0.717) is 5.82 Å². The van der Waals surface area contributed by atoms with Gasteiger partial charge in [0.2, 0.25) is 0 Å². The minimum atomic E-state index is -0.101. The smallest absolute Gasteiger partial charge is 0.290 e. The average Bonchev–Trinajstić information content (AvgIpc) is 2.62. The van der Waals surface area contributed by atoms with Crippen molar-refractivity contribution in [2.75, 3.05) is 31.6 Å². The number of H-pyrrole nitrogens is 1. The molecule has 0 amide bonds. The normalized spacial score (nSPS) is 25.0. The molecule has 1 atom stereocenters. The number of aromatic nitrogens is 2. The molecule has 1 unspecified atom stereocenters. The van der Waals surface area contributed by atoms with Gasteiger partial charge in [-0.25, -0.2) is 4.98 Å². The van der Waals surface area contributed by atoms with E-state index in [1.807, 2.05) is 7.05 Å². The van der Waals surface area contributed by atoms with E-state index in [1.165, 1.54) is 0 Å². The molecule has 0 saturated carbocycles. The third kappa shape index (κ3) is 2.09. The number of hydrogen-bond acceptors (Lipinski definition) is 4. The summed E-state index contributed by atoms with van der Waals surface area (Å²) in [6.07, 6.45) is 4.28. The number of nitrogens with one attached hydrogen (secondary N) is 2. The van der Waals surface area contributed by atoms with E-state index >= 15 is 0 Å². The molecule has 1 aromatic heterocycles. The van der Waals surface area contributed by atoms with Gasteiger partial charge in [0.15, 0.2) is 5.82 Å². The third-order valence-corrected chi connectivity index (χ3v) is 3.15. The van der Waals surface area contributed by atoms with Crippen LogP contribution < -0.4 is 15.8 Å². The second kappa shape index (κ2) is 4.25. The van der Waals surface area contributed by atoms with Crippen molar-refractivity contribution >= 4 is 5.82 Å². The van der Waals surface area contributed by atoms with Crippen molar-refractivity contribution in [2.24, 2.45) is 5.41 Å². The summed E-state index contributed by atoms with van der Waals surface area (Å²) in [6.45, 7) is 4.99. The Kier molecular flexibility index (Phi) is 2.96. The van der Waals surface area contributed by atoms with Gasteiger partial charge in [0, 0.05) is 32.0 Å². The minimum absolute atomic E-state index is 0.101. The fraction of sp³-hybridized carbons (Fsp3) is 0.636. The van der Waals surface area contributed by atoms with Gasteiger partial charge >= 0.3 is 0 Å². The molecule has 5 nitrogen and oxygen atoms in total. The van der Waals surface area contributed by atoms with Crippen LogP contribution in [0, 0.1) is 5.41 Å².